The Labute approximate surface area is 116 Å². The van der Waals surface area contributed by atoms with Crippen molar-refractivity contribution < 1.29 is 23.8 Å². The normalized spacial score (nSPS) is 15.0. The van der Waals surface area contributed by atoms with Gasteiger partial charge in [0.15, 0.2) is 6.10 Å². The lowest BCUT2D eigenvalue weighted by molar-refractivity contribution is -0.142. The van der Waals surface area contributed by atoms with E-state index in [9.17, 15) is 14.0 Å². The molecule has 3 atom stereocenters. The molecule has 20 heavy (non-hydrogen) atoms. The fourth-order valence-electron chi connectivity index (χ4n) is 1.48. The molecule has 0 bridgehead atoms. The fraction of sp³-hybridized carbons (Fsp3) is 0.429. The number of aliphatic carboxylic acids is 1. The van der Waals surface area contributed by atoms with Crippen LogP contribution in [0.2, 0.25) is 0 Å². The van der Waals surface area contributed by atoms with Gasteiger partial charge in [0.05, 0.1) is 5.92 Å². The number of amides is 1. The van der Waals surface area contributed by atoms with E-state index in [2.05, 4.69) is 5.32 Å². The summed E-state index contributed by atoms with van der Waals surface area (Å²) in [6, 6.07) is 4.93. The zero-order valence-corrected chi connectivity index (χ0v) is 11.6. The molecule has 1 rings (SSSR count). The van der Waals surface area contributed by atoms with Crippen LogP contribution in [0.5, 0.6) is 5.75 Å². The molecular weight excluding hydrogens is 265 g/mol. The van der Waals surface area contributed by atoms with E-state index < -0.39 is 35.8 Å². The Kier molecular flexibility index (Phi) is 5.49. The summed E-state index contributed by atoms with van der Waals surface area (Å²) in [4.78, 5) is 22.6. The van der Waals surface area contributed by atoms with Crippen LogP contribution in [0.25, 0.3) is 0 Å². The first-order valence-corrected chi connectivity index (χ1v) is 6.26. The van der Waals surface area contributed by atoms with Crippen LogP contribution in [0.4, 0.5) is 4.39 Å². The number of hydrogen-bond acceptors (Lipinski definition) is 3. The summed E-state index contributed by atoms with van der Waals surface area (Å²) < 4.78 is 18.3. The Morgan fingerprint density at radius 2 is 1.95 bits per heavy atom. The van der Waals surface area contributed by atoms with Crippen molar-refractivity contribution in [3.05, 3.63) is 30.1 Å². The highest BCUT2D eigenvalue weighted by Crippen LogP contribution is 2.14. The van der Waals surface area contributed by atoms with E-state index in [1.54, 1.807) is 6.92 Å². The number of hydrogen-bond donors (Lipinski definition) is 2. The van der Waals surface area contributed by atoms with Gasteiger partial charge in [0, 0.05) is 12.1 Å². The van der Waals surface area contributed by atoms with Crippen molar-refractivity contribution in [1.29, 1.82) is 0 Å². The number of carboxylic acids is 1. The van der Waals surface area contributed by atoms with Crippen LogP contribution in [0.3, 0.4) is 0 Å². The lowest BCUT2D eigenvalue weighted by atomic mass is 10.0. The van der Waals surface area contributed by atoms with Gasteiger partial charge in [0.1, 0.15) is 11.6 Å². The topological polar surface area (TPSA) is 75.6 Å². The van der Waals surface area contributed by atoms with Crippen LogP contribution in [0.15, 0.2) is 24.3 Å². The number of benzene rings is 1. The minimum atomic E-state index is -0.989. The Morgan fingerprint density at radius 3 is 2.50 bits per heavy atom. The van der Waals surface area contributed by atoms with Crippen molar-refractivity contribution in [3.63, 3.8) is 0 Å². The maximum atomic E-state index is 13.0. The molecule has 0 heterocycles. The summed E-state index contributed by atoms with van der Waals surface area (Å²) in [7, 11) is 0. The summed E-state index contributed by atoms with van der Waals surface area (Å²) in [6.45, 7) is 4.62. The highest BCUT2D eigenvalue weighted by molar-refractivity contribution is 5.82. The maximum absolute atomic E-state index is 13.0. The molecule has 6 heteroatoms. The second kappa shape index (κ2) is 6.88. The molecule has 1 aromatic carbocycles. The average molecular weight is 283 g/mol. The maximum Gasteiger partial charge on any atom is 0.308 e. The van der Waals surface area contributed by atoms with Gasteiger partial charge in [-0.1, -0.05) is 6.07 Å². The first kappa shape index (κ1) is 15.9. The number of carboxylic acid groups (broad SMARTS) is 1. The van der Waals surface area contributed by atoms with E-state index in [0.29, 0.717) is 0 Å². The monoisotopic (exact) mass is 283 g/mol. The van der Waals surface area contributed by atoms with E-state index in [1.165, 1.54) is 38.1 Å². The molecule has 0 saturated heterocycles. The lowest BCUT2D eigenvalue weighted by Gasteiger charge is -2.21. The second-order valence-electron chi connectivity index (χ2n) is 4.64. The SMILES string of the molecule is CC(Oc1cccc(F)c1)C(=O)NC(C)C(C)C(=O)O. The van der Waals surface area contributed by atoms with Gasteiger partial charge < -0.3 is 15.2 Å². The third kappa shape index (κ3) is 4.53. The molecule has 1 aromatic rings. The molecular formula is C14H18FNO4. The van der Waals surface area contributed by atoms with Crippen molar-refractivity contribution >= 4 is 11.9 Å². The number of carbonyl (C=O) groups excluding carboxylic acids is 1. The van der Waals surface area contributed by atoms with Crippen molar-refractivity contribution in [2.24, 2.45) is 5.92 Å². The second-order valence-corrected chi connectivity index (χ2v) is 4.64. The van der Waals surface area contributed by atoms with Gasteiger partial charge in [-0.25, -0.2) is 4.39 Å². The molecule has 0 saturated carbocycles. The van der Waals surface area contributed by atoms with E-state index >= 15 is 0 Å². The van der Waals surface area contributed by atoms with Crippen LogP contribution >= 0.6 is 0 Å². The molecule has 5 nitrogen and oxygen atoms in total. The van der Waals surface area contributed by atoms with Gasteiger partial charge >= 0.3 is 5.97 Å². The summed E-state index contributed by atoms with van der Waals surface area (Å²) in [5, 5.41) is 11.4. The van der Waals surface area contributed by atoms with E-state index in [4.69, 9.17) is 9.84 Å². The number of ether oxygens (including phenoxy) is 1. The van der Waals surface area contributed by atoms with Gasteiger partial charge in [-0.15, -0.1) is 0 Å². The van der Waals surface area contributed by atoms with Gasteiger partial charge in [-0.3, -0.25) is 9.59 Å². The van der Waals surface area contributed by atoms with Crippen LogP contribution < -0.4 is 10.1 Å². The van der Waals surface area contributed by atoms with Crippen LogP contribution in [0, 0.1) is 11.7 Å². The Morgan fingerprint density at radius 1 is 1.30 bits per heavy atom. The van der Waals surface area contributed by atoms with E-state index in [0.717, 1.165) is 0 Å². The van der Waals surface area contributed by atoms with Crippen molar-refractivity contribution in [2.45, 2.75) is 32.9 Å². The van der Waals surface area contributed by atoms with E-state index in [-0.39, 0.29) is 5.75 Å². The summed E-state index contributed by atoms with van der Waals surface area (Å²) in [5.41, 5.74) is 0. The lowest BCUT2D eigenvalue weighted by Crippen LogP contribution is -2.45. The van der Waals surface area contributed by atoms with E-state index in [1.807, 2.05) is 0 Å². The molecule has 0 aliphatic carbocycles. The first-order chi connectivity index (χ1) is 9.31. The molecule has 0 aromatic heterocycles. The molecule has 0 radical (unpaired) electrons. The predicted molar refractivity (Wildman–Crippen MR) is 70.9 cm³/mol. The molecule has 110 valence electrons. The third-order valence-electron chi connectivity index (χ3n) is 2.99. The van der Waals surface area contributed by atoms with Crippen molar-refractivity contribution in [2.75, 3.05) is 0 Å². The van der Waals surface area contributed by atoms with Crippen LogP contribution in [-0.4, -0.2) is 29.1 Å². The first-order valence-electron chi connectivity index (χ1n) is 6.26. The molecule has 3 unspecified atom stereocenters. The Balaban J connectivity index is 2.57. The van der Waals surface area contributed by atoms with Crippen molar-refractivity contribution in [3.8, 4) is 5.75 Å². The van der Waals surface area contributed by atoms with Gasteiger partial charge in [-0.2, -0.15) is 0 Å². The van der Waals surface area contributed by atoms with Gasteiger partial charge in [0.2, 0.25) is 0 Å². The Bertz CT molecular complexity index is 492. The molecule has 0 fully saturated rings. The summed E-state index contributed by atoms with van der Waals surface area (Å²) in [6.07, 6.45) is -0.847. The standard InChI is InChI=1S/C14H18FNO4/c1-8(14(18)19)9(2)16-13(17)10(3)20-12-6-4-5-11(15)7-12/h4-10H,1-3H3,(H,16,17)(H,18,19). The smallest absolute Gasteiger partial charge is 0.308 e. The zero-order chi connectivity index (χ0) is 15.3. The Hall–Kier alpha value is -2.11. The largest absolute Gasteiger partial charge is 0.481 e. The summed E-state index contributed by atoms with van der Waals surface area (Å²) in [5.74, 6) is -2.36. The highest BCUT2D eigenvalue weighted by atomic mass is 19.1. The average Bonchev–Trinajstić information content (AvgIpc) is 2.37. The quantitative estimate of drug-likeness (QED) is 0.835. The molecule has 0 aliphatic rings. The highest BCUT2D eigenvalue weighted by Gasteiger charge is 2.24. The van der Waals surface area contributed by atoms with Crippen LogP contribution in [-0.2, 0) is 9.59 Å². The molecule has 0 spiro atoms. The van der Waals surface area contributed by atoms with Gasteiger partial charge in [0.25, 0.3) is 5.91 Å². The number of rotatable bonds is 6. The van der Waals surface area contributed by atoms with Crippen LogP contribution in [0.1, 0.15) is 20.8 Å². The fourth-order valence-corrected chi connectivity index (χ4v) is 1.48. The third-order valence-corrected chi connectivity index (χ3v) is 2.99. The zero-order valence-electron chi connectivity index (χ0n) is 11.6. The minimum Gasteiger partial charge on any atom is -0.481 e. The number of carbonyl (C=O) groups is 2. The minimum absolute atomic E-state index is 0.242. The molecule has 0 aliphatic heterocycles. The summed E-state index contributed by atoms with van der Waals surface area (Å²) >= 11 is 0. The molecule has 2 N–H and O–H groups in total. The molecule has 1 amide bonds. The van der Waals surface area contributed by atoms with Gasteiger partial charge in [-0.05, 0) is 32.9 Å². The predicted octanol–water partition coefficient (Wildman–Crippen LogP) is 1.82. The number of nitrogens with one attached hydrogen (secondary N) is 1. The number of halogens is 1. The van der Waals surface area contributed by atoms with Crippen molar-refractivity contribution in [1.82, 2.24) is 5.32 Å².